The van der Waals surface area contributed by atoms with E-state index in [-0.39, 0.29) is 12.0 Å². The summed E-state index contributed by atoms with van der Waals surface area (Å²) in [7, 11) is 0. The molecule has 0 saturated heterocycles. The van der Waals surface area contributed by atoms with Crippen molar-refractivity contribution in [2.24, 2.45) is 0 Å². The monoisotopic (exact) mass is 254 g/mol. The van der Waals surface area contributed by atoms with Crippen molar-refractivity contribution in [1.82, 2.24) is 4.98 Å². The maximum atomic E-state index is 12.5. The second kappa shape index (κ2) is 4.72. The molecule has 2 aromatic rings. The Hall–Kier alpha value is -2.36. The molecule has 2 heterocycles. The summed E-state index contributed by atoms with van der Waals surface area (Å²) in [5.74, 6) is 1.20. The van der Waals surface area contributed by atoms with Crippen LogP contribution in [0.1, 0.15) is 17.3 Å². The van der Waals surface area contributed by atoms with Crippen LogP contribution in [0, 0.1) is 0 Å². The molecule has 1 aromatic heterocycles. The average Bonchev–Trinajstić information content (AvgIpc) is 2.46. The van der Waals surface area contributed by atoms with Gasteiger partial charge < -0.3 is 4.74 Å². The van der Waals surface area contributed by atoms with E-state index in [2.05, 4.69) is 4.98 Å². The zero-order valence-electron chi connectivity index (χ0n) is 10.6. The van der Waals surface area contributed by atoms with Crippen LogP contribution in [0.25, 0.3) is 0 Å². The number of pyridine rings is 1. The van der Waals surface area contributed by atoms with E-state index in [0.717, 1.165) is 0 Å². The highest BCUT2D eigenvalue weighted by Gasteiger charge is 2.29. The van der Waals surface area contributed by atoms with Crippen LogP contribution in [0.3, 0.4) is 0 Å². The van der Waals surface area contributed by atoms with Crippen molar-refractivity contribution in [2.45, 2.75) is 13.0 Å². The van der Waals surface area contributed by atoms with Gasteiger partial charge in [0.2, 0.25) is 0 Å². The lowest BCUT2D eigenvalue weighted by molar-refractivity contribution is 0.0959. The summed E-state index contributed by atoms with van der Waals surface area (Å²) in [5.41, 5.74) is 0.660. The number of fused-ring (bicyclic) bond motifs is 1. The minimum absolute atomic E-state index is 0.0376. The highest BCUT2D eigenvalue weighted by Crippen LogP contribution is 2.31. The number of carbonyl (C=O) groups is 1. The van der Waals surface area contributed by atoms with Gasteiger partial charge in [0.25, 0.3) is 5.91 Å². The van der Waals surface area contributed by atoms with Crippen molar-refractivity contribution >= 4 is 11.7 Å². The fourth-order valence-corrected chi connectivity index (χ4v) is 2.19. The molecule has 1 aromatic carbocycles. The van der Waals surface area contributed by atoms with E-state index in [1.165, 1.54) is 0 Å². The first kappa shape index (κ1) is 11.7. The number of benzene rings is 1. The van der Waals surface area contributed by atoms with Crippen molar-refractivity contribution in [3.05, 3.63) is 54.2 Å². The molecule has 3 rings (SSSR count). The first-order valence-electron chi connectivity index (χ1n) is 6.24. The summed E-state index contributed by atoms with van der Waals surface area (Å²) in [6.45, 7) is 2.46. The molecule has 0 spiro atoms. The van der Waals surface area contributed by atoms with E-state index in [1.54, 1.807) is 11.1 Å². The average molecular weight is 254 g/mol. The topological polar surface area (TPSA) is 42.4 Å². The zero-order chi connectivity index (χ0) is 13.2. The van der Waals surface area contributed by atoms with Gasteiger partial charge in [-0.2, -0.15) is 0 Å². The standard InChI is InChI=1S/C15H14N2O2/c1-11-10-17(14-13(19-11)8-5-9-16-14)15(18)12-6-3-2-4-7-12/h2-9,11H,10H2,1H3. The summed E-state index contributed by atoms with van der Waals surface area (Å²) in [5, 5.41) is 0. The summed E-state index contributed by atoms with van der Waals surface area (Å²) in [4.78, 5) is 18.5. The van der Waals surface area contributed by atoms with Crippen LogP contribution in [0.5, 0.6) is 5.75 Å². The van der Waals surface area contributed by atoms with E-state index < -0.39 is 0 Å². The van der Waals surface area contributed by atoms with Crippen LogP contribution in [0.2, 0.25) is 0 Å². The minimum atomic E-state index is -0.0456. The van der Waals surface area contributed by atoms with Gasteiger partial charge in [0.15, 0.2) is 11.6 Å². The predicted octanol–water partition coefficient (Wildman–Crippen LogP) is 2.51. The Balaban J connectivity index is 1.99. The molecule has 19 heavy (non-hydrogen) atoms. The van der Waals surface area contributed by atoms with Gasteiger partial charge in [-0.05, 0) is 31.2 Å². The van der Waals surface area contributed by atoms with Crippen LogP contribution in [0.15, 0.2) is 48.7 Å². The molecule has 4 heteroatoms. The van der Waals surface area contributed by atoms with Gasteiger partial charge in [0, 0.05) is 11.8 Å². The van der Waals surface area contributed by atoms with Crippen LogP contribution in [-0.2, 0) is 0 Å². The molecule has 0 fully saturated rings. The smallest absolute Gasteiger partial charge is 0.259 e. The number of aromatic nitrogens is 1. The van der Waals surface area contributed by atoms with Crippen molar-refractivity contribution in [3.63, 3.8) is 0 Å². The fourth-order valence-electron chi connectivity index (χ4n) is 2.19. The predicted molar refractivity (Wildman–Crippen MR) is 72.4 cm³/mol. The van der Waals surface area contributed by atoms with Gasteiger partial charge in [-0.25, -0.2) is 4.98 Å². The number of hydrogen-bond acceptors (Lipinski definition) is 3. The first-order valence-corrected chi connectivity index (χ1v) is 6.24. The highest BCUT2D eigenvalue weighted by molar-refractivity contribution is 6.06. The lowest BCUT2D eigenvalue weighted by Gasteiger charge is -2.32. The molecule has 0 radical (unpaired) electrons. The number of ether oxygens (including phenoxy) is 1. The van der Waals surface area contributed by atoms with Gasteiger partial charge in [-0.3, -0.25) is 9.69 Å². The normalized spacial score (nSPS) is 17.5. The van der Waals surface area contributed by atoms with Crippen molar-refractivity contribution in [3.8, 4) is 5.75 Å². The minimum Gasteiger partial charge on any atom is -0.485 e. The zero-order valence-corrected chi connectivity index (χ0v) is 10.6. The lowest BCUT2D eigenvalue weighted by atomic mass is 10.1. The summed E-state index contributed by atoms with van der Waals surface area (Å²) >= 11 is 0. The molecule has 96 valence electrons. The number of hydrogen-bond donors (Lipinski definition) is 0. The largest absolute Gasteiger partial charge is 0.485 e. The maximum absolute atomic E-state index is 12.5. The molecule has 1 amide bonds. The van der Waals surface area contributed by atoms with Gasteiger partial charge in [0.05, 0.1) is 6.54 Å². The van der Waals surface area contributed by atoms with Crippen LogP contribution in [-0.4, -0.2) is 23.5 Å². The van der Waals surface area contributed by atoms with Crippen molar-refractivity contribution < 1.29 is 9.53 Å². The van der Waals surface area contributed by atoms with Crippen LogP contribution in [0.4, 0.5) is 5.82 Å². The number of carbonyl (C=O) groups excluding carboxylic acids is 1. The quantitative estimate of drug-likeness (QED) is 0.785. The highest BCUT2D eigenvalue weighted by atomic mass is 16.5. The van der Waals surface area contributed by atoms with E-state index in [0.29, 0.717) is 23.7 Å². The third-order valence-corrected chi connectivity index (χ3v) is 3.04. The molecule has 1 unspecified atom stereocenters. The molecular weight excluding hydrogens is 240 g/mol. The molecular formula is C15H14N2O2. The molecule has 1 aliphatic heterocycles. The Labute approximate surface area is 111 Å². The van der Waals surface area contributed by atoms with E-state index >= 15 is 0 Å². The maximum Gasteiger partial charge on any atom is 0.259 e. The Bertz CT molecular complexity index is 598. The third kappa shape index (κ3) is 2.17. The number of anilines is 1. The summed E-state index contributed by atoms with van der Waals surface area (Å²) in [6, 6.07) is 12.9. The van der Waals surface area contributed by atoms with E-state index in [4.69, 9.17) is 4.74 Å². The summed E-state index contributed by atoms with van der Waals surface area (Å²) < 4.78 is 5.69. The SMILES string of the molecule is CC1CN(C(=O)c2ccccc2)c2ncccc2O1. The molecule has 0 N–H and O–H groups in total. The van der Waals surface area contributed by atoms with E-state index in [1.807, 2.05) is 49.4 Å². The Morgan fingerprint density at radius 3 is 2.84 bits per heavy atom. The first-order chi connectivity index (χ1) is 9.25. The van der Waals surface area contributed by atoms with Gasteiger partial charge >= 0.3 is 0 Å². The van der Waals surface area contributed by atoms with Crippen molar-refractivity contribution in [1.29, 1.82) is 0 Å². The number of nitrogens with zero attached hydrogens (tertiary/aromatic N) is 2. The molecule has 1 aliphatic rings. The van der Waals surface area contributed by atoms with Gasteiger partial charge in [-0.1, -0.05) is 18.2 Å². The molecule has 0 bridgehead atoms. The second-order valence-electron chi connectivity index (χ2n) is 4.54. The Kier molecular flexibility index (Phi) is 2.91. The number of amides is 1. The van der Waals surface area contributed by atoms with Gasteiger partial charge in [-0.15, -0.1) is 0 Å². The summed E-state index contributed by atoms with van der Waals surface area (Å²) in [6.07, 6.45) is 1.63. The van der Waals surface area contributed by atoms with Crippen LogP contribution >= 0.6 is 0 Å². The Morgan fingerprint density at radius 1 is 1.26 bits per heavy atom. The molecule has 1 atom stereocenters. The second-order valence-corrected chi connectivity index (χ2v) is 4.54. The van der Waals surface area contributed by atoms with Gasteiger partial charge in [0.1, 0.15) is 6.10 Å². The third-order valence-electron chi connectivity index (χ3n) is 3.04. The van der Waals surface area contributed by atoms with Crippen molar-refractivity contribution in [2.75, 3.05) is 11.4 Å². The fraction of sp³-hybridized carbons (Fsp3) is 0.200. The lowest BCUT2D eigenvalue weighted by Crippen LogP contribution is -2.42. The van der Waals surface area contributed by atoms with Crippen LogP contribution < -0.4 is 9.64 Å². The number of rotatable bonds is 1. The molecule has 0 saturated carbocycles. The van der Waals surface area contributed by atoms with E-state index in [9.17, 15) is 4.79 Å². The Morgan fingerprint density at radius 2 is 2.05 bits per heavy atom. The molecule has 0 aliphatic carbocycles. The molecule has 4 nitrogen and oxygen atoms in total.